The van der Waals surface area contributed by atoms with Gasteiger partial charge in [-0.05, 0) is 36.8 Å². The van der Waals surface area contributed by atoms with Gasteiger partial charge in [-0.2, -0.15) is 5.26 Å². The maximum absolute atomic E-state index is 9.19. The molecule has 2 heterocycles. The molecule has 0 saturated carbocycles. The molecule has 3 aromatic rings. The number of anilines is 2. The minimum atomic E-state index is 0.526. The summed E-state index contributed by atoms with van der Waals surface area (Å²) in [5, 5.41) is 13.7. The van der Waals surface area contributed by atoms with Crippen molar-refractivity contribution in [1.82, 2.24) is 9.97 Å². The van der Waals surface area contributed by atoms with E-state index in [0.29, 0.717) is 21.5 Å². The number of pyridine rings is 1. The van der Waals surface area contributed by atoms with Crippen molar-refractivity contribution in [2.75, 3.05) is 5.32 Å². The number of nitriles is 1. The Morgan fingerprint density at radius 2 is 2.20 bits per heavy atom. The zero-order valence-electron chi connectivity index (χ0n) is 10.5. The van der Waals surface area contributed by atoms with Crippen LogP contribution in [0.4, 0.5) is 10.9 Å². The lowest BCUT2D eigenvalue weighted by atomic mass is 10.1. The van der Waals surface area contributed by atoms with Crippen LogP contribution in [0.25, 0.3) is 10.2 Å². The molecule has 0 bridgehead atoms. The van der Waals surface area contributed by atoms with E-state index in [1.165, 1.54) is 11.3 Å². The van der Waals surface area contributed by atoms with E-state index in [9.17, 15) is 5.26 Å². The fraction of sp³-hybridized carbons (Fsp3) is 0.0714. The Morgan fingerprint density at radius 1 is 1.35 bits per heavy atom. The van der Waals surface area contributed by atoms with Crippen LogP contribution in [0.3, 0.4) is 0 Å². The number of halogens is 1. The summed E-state index contributed by atoms with van der Waals surface area (Å²) in [5.74, 6) is 0.526. The molecular weight excluding hydrogens is 292 g/mol. The SMILES string of the molecule is Cc1ccnc(Nc2nc3ccc(Cl)cc3s2)c1C#N. The normalized spacial score (nSPS) is 10.4. The zero-order valence-corrected chi connectivity index (χ0v) is 12.1. The van der Waals surface area contributed by atoms with Gasteiger partial charge in [-0.15, -0.1) is 0 Å². The van der Waals surface area contributed by atoms with Crippen LogP contribution in [-0.2, 0) is 0 Å². The van der Waals surface area contributed by atoms with Gasteiger partial charge >= 0.3 is 0 Å². The van der Waals surface area contributed by atoms with Crippen molar-refractivity contribution in [3.8, 4) is 6.07 Å². The molecule has 0 unspecified atom stereocenters. The number of aryl methyl sites for hydroxylation is 1. The van der Waals surface area contributed by atoms with E-state index >= 15 is 0 Å². The van der Waals surface area contributed by atoms with Crippen LogP contribution in [0.5, 0.6) is 0 Å². The van der Waals surface area contributed by atoms with Gasteiger partial charge < -0.3 is 5.32 Å². The second kappa shape index (κ2) is 5.08. The Balaban J connectivity index is 2.02. The Kier molecular flexibility index (Phi) is 3.26. The van der Waals surface area contributed by atoms with Crippen molar-refractivity contribution in [3.63, 3.8) is 0 Å². The van der Waals surface area contributed by atoms with Crippen LogP contribution in [0.15, 0.2) is 30.5 Å². The summed E-state index contributed by atoms with van der Waals surface area (Å²) < 4.78 is 0.992. The molecule has 0 saturated heterocycles. The number of aromatic nitrogens is 2. The van der Waals surface area contributed by atoms with E-state index in [-0.39, 0.29) is 0 Å². The largest absolute Gasteiger partial charge is 0.315 e. The summed E-state index contributed by atoms with van der Waals surface area (Å²) in [6.07, 6.45) is 1.67. The minimum absolute atomic E-state index is 0.526. The average molecular weight is 301 g/mol. The van der Waals surface area contributed by atoms with E-state index in [2.05, 4.69) is 21.4 Å². The topological polar surface area (TPSA) is 61.6 Å². The number of rotatable bonds is 2. The van der Waals surface area contributed by atoms with E-state index in [1.54, 1.807) is 12.3 Å². The average Bonchev–Trinajstić information content (AvgIpc) is 2.80. The molecule has 6 heteroatoms. The van der Waals surface area contributed by atoms with Crippen molar-refractivity contribution in [2.24, 2.45) is 0 Å². The van der Waals surface area contributed by atoms with Crippen molar-refractivity contribution in [1.29, 1.82) is 5.26 Å². The highest BCUT2D eigenvalue weighted by Crippen LogP contribution is 2.30. The first-order chi connectivity index (χ1) is 9.67. The first kappa shape index (κ1) is 12.9. The summed E-state index contributed by atoms with van der Waals surface area (Å²) in [5.41, 5.74) is 2.28. The minimum Gasteiger partial charge on any atom is -0.315 e. The molecule has 20 heavy (non-hydrogen) atoms. The molecule has 0 amide bonds. The van der Waals surface area contributed by atoms with Gasteiger partial charge in [-0.1, -0.05) is 22.9 Å². The van der Waals surface area contributed by atoms with Gasteiger partial charge in [-0.3, -0.25) is 0 Å². The molecule has 4 nitrogen and oxygen atoms in total. The highest BCUT2D eigenvalue weighted by Gasteiger charge is 2.10. The number of fused-ring (bicyclic) bond motifs is 1. The molecule has 0 atom stereocenters. The molecule has 3 rings (SSSR count). The third-order valence-electron chi connectivity index (χ3n) is 2.85. The molecule has 1 N–H and O–H groups in total. The summed E-state index contributed by atoms with van der Waals surface area (Å²) >= 11 is 7.43. The van der Waals surface area contributed by atoms with Crippen molar-refractivity contribution in [3.05, 3.63) is 46.6 Å². The number of nitrogens with zero attached hydrogens (tertiary/aromatic N) is 3. The van der Waals surface area contributed by atoms with Gasteiger partial charge in [0.15, 0.2) is 5.13 Å². The summed E-state index contributed by atoms with van der Waals surface area (Å²) in [6.45, 7) is 1.88. The lowest BCUT2D eigenvalue weighted by Gasteiger charge is -2.05. The van der Waals surface area contributed by atoms with Crippen LogP contribution in [0.2, 0.25) is 5.02 Å². The molecule has 0 spiro atoms. The lowest BCUT2D eigenvalue weighted by molar-refractivity contribution is 1.24. The van der Waals surface area contributed by atoms with E-state index < -0.39 is 0 Å². The van der Waals surface area contributed by atoms with E-state index in [4.69, 9.17) is 11.6 Å². The van der Waals surface area contributed by atoms with Crippen LogP contribution in [-0.4, -0.2) is 9.97 Å². The highest BCUT2D eigenvalue weighted by atomic mass is 35.5. The van der Waals surface area contributed by atoms with Crippen LogP contribution < -0.4 is 5.32 Å². The molecular formula is C14H9ClN4S. The number of nitrogens with one attached hydrogen (secondary N) is 1. The van der Waals surface area contributed by atoms with Gasteiger partial charge in [0.25, 0.3) is 0 Å². The number of hydrogen-bond acceptors (Lipinski definition) is 5. The molecule has 0 fully saturated rings. The number of benzene rings is 1. The van der Waals surface area contributed by atoms with E-state index in [0.717, 1.165) is 15.8 Å². The van der Waals surface area contributed by atoms with Gasteiger partial charge in [0.2, 0.25) is 0 Å². The van der Waals surface area contributed by atoms with Crippen molar-refractivity contribution >= 4 is 44.1 Å². The molecule has 0 aliphatic carbocycles. The van der Waals surface area contributed by atoms with Crippen LogP contribution in [0.1, 0.15) is 11.1 Å². The maximum Gasteiger partial charge on any atom is 0.189 e. The highest BCUT2D eigenvalue weighted by molar-refractivity contribution is 7.22. The predicted molar refractivity (Wildman–Crippen MR) is 81.6 cm³/mol. The third-order valence-corrected chi connectivity index (χ3v) is 4.02. The molecule has 98 valence electrons. The van der Waals surface area contributed by atoms with Gasteiger partial charge in [-0.25, -0.2) is 9.97 Å². The summed E-state index contributed by atoms with van der Waals surface area (Å²) in [6, 6.07) is 9.51. The second-order valence-corrected chi connectivity index (χ2v) is 5.69. The fourth-order valence-electron chi connectivity index (χ4n) is 1.85. The molecule has 0 radical (unpaired) electrons. The Bertz CT molecular complexity index is 835. The van der Waals surface area contributed by atoms with Gasteiger partial charge in [0.1, 0.15) is 11.9 Å². The Hall–Kier alpha value is -2.16. The predicted octanol–water partition coefficient (Wildman–Crippen LogP) is 4.27. The first-order valence-electron chi connectivity index (χ1n) is 5.86. The van der Waals surface area contributed by atoms with Crippen LogP contribution >= 0.6 is 22.9 Å². The number of hydrogen-bond donors (Lipinski definition) is 1. The van der Waals surface area contributed by atoms with Crippen molar-refractivity contribution < 1.29 is 0 Å². The van der Waals surface area contributed by atoms with Gasteiger partial charge in [0.05, 0.1) is 15.8 Å². The second-order valence-electron chi connectivity index (χ2n) is 4.22. The number of thiazole rings is 1. The first-order valence-corrected chi connectivity index (χ1v) is 7.05. The smallest absolute Gasteiger partial charge is 0.189 e. The zero-order chi connectivity index (χ0) is 14.1. The van der Waals surface area contributed by atoms with E-state index in [1.807, 2.05) is 25.1 Å². The standard InChI is InChI=1S/C14H9ClN4S/c1-8-4-5-17-13(10(8)7-16)19-14-18-11-3-2-9(15)6-12(11)20-14/h2-6H,1H3,(H,17,18,19). The Labute approximate surface area is 124 Å². The van der Waals surface area contributed by atoms with Crippen molar-refractivity contribution in [2.45, 2.75) is 6.92 Å². The molecule has 1 aromatic carbocycles. The monoisotopic (exact) mass is 300 g/mol. The molecule has 0 aliphatic rings. The maximum atomic E-state index is 9.19. The molecule has 2 aromatic heterocycles. The summed E-state index contributed by atoms with van der Waals surface area (Å²) in [4.78, 5) is 8.65. The lowest BCUT2D eigenvalue weighted by Crippen LogP contribution is -1.97. The van der Waals surface area contributed by atoms with Gasteiger partial charge in [0, 0.05) is 11.2 Å². The quantitative estimate of drug-likeness (QED) is 0.768. The third kappa shape index (κ3) is 2.31. The summed E-state index contributed by atoms with van der Waals surface area (Å²) in [7, 11) is 0. The Morgan fingerprint density at radius 3 is 3.00 bits per heavy atom. The fourth-order valence-corrected chi connectivity index (χ4v) is 2.99. The molecule has 0 aliphatic heterocycles. The van der Waals surface area contributed by atoms with Crippen LogP contribution in [0, 0.1) is 18.3 Å².